The molecule has 1 amide bonds. The molecule has 0 spiro atoms. The number of rotatable bonds is 6. The van der Waals surface area contributed by atoms with Gasteiger partial charge in [0, 0.05) is 29.2 Å². The fraction of sp³-hybridized carbons (Fsp3) is 0. The van der Waals surface area contributed by atoms with Crippen molar-refractivity contribution < 1.29 is 9.53 Å². The Morgan fingerprint density at radius 3 is 2.44 bits per heavy atom. The lowest BCUT2D eigenvalue weighted by molar-refractivity contribution is 0.100. The quantitative estimate of drug-likeness (QED) is 0.401. The number of imidazole rings is 1. The van der Waals surface area contributed by atoms with E-state index >= 15 is 0 Å². The van der Waals surface area contributed by atoms with E-state index in [1.807, 2.05) is 65.2 Å². The van der Waals surface area contributed by atoms with Gasteiger partial charge in [-0.2, -0.15) is 0 Å². The highest BCUT2D eigenvalue weighted by Crippen LogP contribution is 2.34. The summed E-state index contributed by atoms with van der Waals surface area (Å²) in [5, 5.41) is 3.25. The molecule has 7 nitrogen and oxygen atoms in total. The van der Waals surface area contributed by atoms with E-state index in [4.69, 9.17) is 10.5 Å². The van der Waals surface area contributed by atoms with Gasteiger partial charge < -0.3 is 15.8 Å². The molecule has 0 aliphatic rings. The highest BCUT2D eigenvalue weighted by Gasteiger charge is 2.14. The van der Waals surface area contributed by atoms with E-state index in [0.717, 1.165) is 28.4 Å². The molecule has 3 N–H and O–H groups in total. The van der Waals surface area contributed by atoms with Crippen molar-refractivity contribution in [3.05, 3.63) is 103 Å². The number of nitrogens with two attached hydrogens (primary N) is 1. The lowest BCUT2D eigenvalue weighted by atomic mass is 10.1. The van der Waals surface area contributed by atoms with Gasteiger partial charge in [0.25, 0.3) is 0 Å². The van der Waals surface area contributed by atoms with E-state index < -0.39 is 5.91 Å². The molecule has 156 valence electrons. The molecule has 0 radical (unpaired) electrons. The molecular formula is C25H19N5O2. The molecule has 5 rings (SSSR count). The van der Waals surface area contributed by atoms with Crippen molar-refractivity contribution in [3.63, 3.8) is 0 Å². The maximum absolute atomic E-state index is 11.3. The minimum absolute atomic E-state index is 0.444. The van der Waals surface area contributed by atoms with Gasteiger partial charge in [-0.3, -0.25) is 9.20 Å². The van der Waals surface area contributed by atoms with Crippen LogP contribution in [0.25, 0.3) is 16.9 Å². The fourth-order valence-electron chi connectivity index (χ4n) is 3.44. The lowest BCUT2D eigenvalue weighted by Crippen LogP contribution is -2.10. The van der Waals surface area contributed by atoms with Gasteiger partial charge in [0.15, 0.2) is 11.5 Å². The Kier molecular flexibility index (Phi) is 4.97. The first kappa shape index (κ1) is 19.3. The molecule has 2 aromatic heterocycles. The molecule has 0 bridgehead atoms. The number of ether oxygens (including phenoxy) is 1. The largest absolute Gasteiger partial charge is 0.457 e. The number of anilines is 2. The highest BCUT2D eigenvalue weighted by molar-refractivity contribution is 5.93. The summed E-state index contributed by atoms with van der Waals surface area (Å²) < 4.78 is 8.09. The smallest absolute Gasteiger partial charge is 0.248 e. The van der Waals surface area contributed by atoms with Crippen LogP contribution in [0.3, 0.4) is 0 Å². The van der Waals surface area contributed by atoms with Crippen LogP contribution in [0.1, 0.15) is 10.4 Å². The molecule has 0 saturated heterocycles. The predicted molar refractivity (Wildman–Crippen MR) is 123 cm³/mol. The van der Waals surface area contributed by atoms with Crippen LogP contribution in [-0.2, 0) is 0 Å². The lowest BCUT2D eigenvalue weighted by Gasteiger charge is -2.12. The van der Waals surface area contributed by atoms with Gasteiger partial charge in [-0.25, -0.2) is 9.97 Å². The van der Waals surface area contributed by atoms with Crippen LogP contribution in [0, 0.1) is 0 Å². The third-order valence-corrected chi connectivity index (χ3v) is 4.99. The number of fused-ring (bicyclic) bond motifs is 1. The number of hydrogen-bond acceptors (Lipinski definition) is 5. The van der Waals surface area contributed by atoms with Crippen LogP contribution >= 0.6 is 0 Å². The summed E-state index contributed by atoms with van der Waals surface area (Å²) in [4.78, 5) is 20.3. The van der Waals surface area contributed by atoms with Crippen molar-refractivity contribution in [1.29, 1.82) is 0 Å². The van der Waals surface area contributed by atoms with Gasteiger partial charge in [-0.05, 0) is 48.5 Å². The van der Waals surface area contributed by atoms with E-state index in [1.54, 1.807) is 36.7 Å². The molecule has 7 heteroatoms. The molecule has 0 atom stereocenters. The Hall–Kier alpha value is -4.65. The summed E-state index contributed by atoms with van der Waals surface area (Å²) in [6.45, 7) is 0. The predicted octanol–water partition coefficient (Wildman–Crippen LogP) is 5.03. The monoisotopic (exact) mass is 421 g/mol. The number of aromatic nitrogens is 3. The normalized spacial score (nSPS) is 10.8. The maximum atomic E-state index is 11.3. The zero-order valence-corrected chi connectivity index (χ0v) is 17.0. The first-order valence-electron chi connectivity index (χ1n) is 10.0. The topological polar surface area (TPSA) is 94.5 Å². The fourth-order valence-corrected chi connectivity index (χ4v) is 3.44. The highest BCUT2D eigenvalue weighted by atomic mass is 16.5. The first-order chi connectivity index (χ1) is 15.7. The molecular weight excluding hydrogens is 402 g/mol. The van der Waals surface area contributed by atoms with Gasteiger partial charge in [0.05, 0.1) is 11.9 Å². The van der Waals surface area contributed by atoms with E-state index in [0.29, 0.717) is 17.0 Å². The average molecular weight is 421 g/mol. The standard InChI is InChI=1S/C25H19N5O2/c26-23(31)17-10-12-18(13-11-17)29-24-25-28-16-21(30(25)15-14-27-24)20-8-4-5-9-22(20)32-19-6-2-1-3-7-19/h1-16H,(H2,26,31)(H,27,29). The second-order valence-corrected chi connectivity index (χ2v) is 7.09. The van der Waals surface area contributed by atoms with Crippen molar-refractivity contribution in [2.24, 2.45) is 5.73 Å². The summed E-state index contributed by atoms with van der Waals surface area (Å²) in [6, 6.07) is 24.4. The van der Waals surface area contributed by atoms with Gasteiger partial charge in [-0.15, -0.1) is 0 Å². The molecule has 0 aliphatic heterocycles. The van der Waals surface area contributed by atoms with Crippen LogP contribution in [0.15, 0.2) is 97.5 Å². The van der Waals surface area contributed by atoms with Gasteiger partial charge in [-0.1, -0.05) is 30.3 Å². The van der Waals surface area contributed by atoms with Gasteiger partial charge >= 0.3 is 0 Å². The third kappa shape index (κ3) is 3.75. The van der Waals surface area contributed by atoms with E-state index in [2.05, 4.69) is 15.3 Å². The van der Waals surface area contributed by atoms with Crippen molar-refractivity contribution in [2.75, 3.05) is 5.32 Å². The Balaban J connectivity index is 1.51. The number of primary amides is 1. The van der Waals surface area contributed by atoms with Crippen molar-refractivity contribution in [1.82, 2.24) is 14.4 Å². The third-order valence-electron chi connectivity index (χ3n) is 4.99. The summed E-state index contributed by atoms with van der Waals surface area (Å²) >= 11 is 0. The van der Waals surface area contributed by atoms with Gasteiger partial charge in [0.2, 0.25) is 5.91 Å². The molecule has 3 aromatic carbocycles. The van der Waals surface area contributed by atoms with Crippen LogP contribution in [-0.4, -0.2) is 20.3 Å². The zero-order chi connectivity index (χ0) is 21.9. The summed E-state index contributed by atoms with van der Waals surface area (Å²) in [5.74, 6) is 1.61. The Bertz CT molecular complexity index is 1400. The van der Waals surface area contributed by atoms with Crippen LogP contribution < -0.4 is 15.8 Å². The molecule has 0 unspecified atom stereocenters. The number of para-hydroxylation sites is 2. The van der Waals surface area contributed by atoms with Crippen molar-refractivity contribution >= 4 is 23.1 Å². The van der Waals surface area contributed by atoms with E-state index in [-0.39, 0.29) is 0 Å². The first-order valence-corrected chi connectivity index (χ1v) is 10.0. The second kappa shape index (κ2) is 8.23. The van der Waals surface area contributed by atoms with E-state index in [1.165, 1.54) is 0 Å². The average Bonchev–Trinajstić information content (AvgIpc) is 3.26. The van der Waals surface area contributed by atoms with Crippen molar-refractivity contribution in [2.45, 2.75) is 0 Å². The number of benzene rings is 3. The number of hydrogen-bond donors (Lipinski definition) is 2. The summed E-state index contributed by atoms with van der Waals surface area (Å²) in [5.41, 5.74) is 8.98. The number of carbonyl (C=O) groups excluding carboxylic acids is 1. The van der Waals surface area contributed by atoms with Crippen molar-refractivity contribution in [3.8, 4) is 22.8 Å². The zero-order valence-electron chi connectivity index (χ0n) is 17.0. The number of nitrogens with one attached hydrogen (secondary N) is 1. The van der Waals surface area contributed by atoms with Crippen LogP contribution in [0.2, 0.25) is 0 Å². The molecule has 2 heterocycles. The number of amides is 1. The molecule has 0 fully saturated rings. The summed E-state index contributed by atoms with van der Waals surface area (Å²) in [6.07, 6.45) is 5.36. The van der Waals surface area contributed by atoms with Crippen LogP contribution in [0.5, 0.6) is 11.5 Å². The minimum Gasteiger partial charge on any atom is -0.457 e. The Morgan fingerprint density at radius 2 is 1.66 bits per heavy atom. The molecule has 5 aromatic rings. The number of carbonyl (C=O) groups is 1. The van der Waals surface area contributed by atoms with E-state index in [9.17, 15) is 4.79 Å². The Morgan fingerprint density at radius 1 is 0.906 bits per heavy atom. The minimum atomic E-state index is -0.467. The maximum Gasteiger partial charge on any atom is 0.248 e. The summed E-state index contributed by atoms with van der Waals surface area (Å²) in [7, 11) is 0. The molecule has 0 aliphatic carbocycles. The second-order valence-electron chi connectivity index (χ2n) is 7.09. The number of nitrogens with zero attached hydrogens (tertiary/aromatic N) is 3. The Labute approximate surface area is 184 Å². The molecule has 0 saturated carbocycles. The van der Waals surface area contributed by atoms with Gasteiger partial charge in [0.1, 0.15) is 11.5 Å². The molecule has 32 heavy (non-hydrogen) atoms. The van der Waals surface area contributed by atoms with Crippen LogP contribution in [0.4, 0.5) is 11.5 Å². The SMILES string of the molecule is NC(=O)c1ccc(Nc2nccn3c(-c4ccccc4Oc4ccccc4)cnc23)cc1.